The summed E-state index contributed by atoms with van der Waals surface area (Å²) >= 11 is 0. The molecule has 1 aliphatic rings. The lowest BCUT2D eigenvalue weighted by atomic mass is 10.1. The number of pyridine rings is 2. The van der Waals surface area contributed by atoms with Crippen LogP contribution in [0.2, 0.25) is 0 Å². The number of hydrogen-bond acceptors (Lipinski definition) is 5. The first-order chi connectivity index (χ1) is 17.0. The Hall–Kier alpha value is -4.07. The maximum Gasteiger partial charge on any atom is 0.252 e. The highest BCUT2D eigenvalue weighted by atomic mass is 16.1. The summed E-state index contributed by atoms with van der Waals surface area (Å²) in [6, 6.07) is 15.4. The molecule has 4 aromatic heterocycles. The van der Waals surface area contributed by atoms with Crippen LogP contribution in [0.3, 0.4) is 0 Å². The van der Waals surface area contributed by atoms with Crippen LogP contribution in [0, 0.1) is 6.92 Å². The van der Waals surface area contributed by atoms with E-state index in [1.807, 2.05) is 56.3 Å². The van der Waals surface area contributed by atoms with Crippen molar-refractivity contribution >= 4 is 28.0 Å². The van der Waals surface area contributed by atoms with Crippen LogP contribution in [0.5, 0.6) is 0 Å². The molecule has 1 fully saturated rings. The number of rotatable bonds is 6. The fourth-order valence-electron chi connectivity index (χ4n) is 4.81. The topological polar surface area (TPSA) is 90.5 Å². The molecule has 6 rings (SSSR count). The van der Waals surface area contributed by atoms with E-state index in [4.69, 9.17) is 15.1 Å². The van der Waals surface area contributed by atoms with Crippen molar-refractivity contribution in [3.05, 3.63) is 77.5 Å². The van der Waals surface area contributed by atoms with Crippen LogP contribution in [-0.4, -0.2) is 35.2 Å². The SMILES string of the molecule is CCn1c(C(C)NC(=O)c2cc(C3CC3)nc3c2c(C)nn3-c2ccccn2)nc2ccccc21. The van der Waals surface area contributed by atoms with Gasteiger partial charge in [0.25, 0.3) is 5.91 Å². The summed E-state index contributed by atoms with van der Waals surface area (Å²) in [4.78, 5) is 27.9. The van der Waals surface area contributed by atoms with E-state index < -0.39 is 0 Å². The number of nitrogens with zero attached hydrogens (tertiary/aromatic N) is 6. The Balaban J connectivity index is 1.42. The van der Waals surface area contributed by atoms with Crippen LogP contribution in [0.1, 0.15) is 66.2 Å². The summed E-state index contributed by atoms with van der Waals surface area (Å²) in [7, 11) is 0. The van der Waals surface area contributed by atoms with Gasteiger partial charge in [0.05, 0.1) is 33.7 Å². The molecular weight excluding hydrogens is 438 g/mol. The molecule has 1 atom stereocenters. The van der Waals surface area contributed by atoms with E-state index in [9.17, 15) is 4.79 Å². The fraction of sp³-hybridized carbons (Fsp3) is 0.296. The zero-order valence-electron chi connectivity index (χ0n) is 20.1. The quantitative estimate of drug-likeness (QED) is 0.387. The molecule has 1 aliphatic carbocycles. The molecule has 35 heavy (non-hydrogen) atoms. The Kier molecular flexibility index (Phi) is 5.09. The van der Waals surface area contributed by atoms with Crippen molar-refractivity contribution in [1.82, 2.24) is 34.6 Å². The summed E-state index contributed by atoms with van der Waals surface area (Å²) in [6.07, 6.45) is 3.92. The van der Waals surface area contributed by atoms with Gasteiger partial charge in [-0.2, -0.15) is 9.78 Å². The van der Waals surface area contributed by atoms with Crippen molar-refractivity contribution in [3.63, 3.8) is 0 Å². The molecule has 5 aromatic rings. The number of aryl methyl sites for hydroxylation is 2. The van der Waals surface area contributed by atoms with E-state index in [-0.39, 0.29) is 11.9 Å². The number of benzene rings is 1. The minimum absolute atomic E-state index is 0.148. The van der Waals surface area contributed by atoms with Crippen LogP contribution in [0.4, 0.5) is 0 Å². The van der Waals surface area contributed by atoms with Crippen molar-refractivity contribution < 1.29 is 4.79 Å². The highest BCUT2D eigenvalue weighted by Crippen LogP contribution is 2.40. The second-order valence-electron chi connectivity index (χ2n) is 9.15. The second kappa shape index (κ2) is 8.30. The van der Waals surface area contributed by atoms with Crippen molar-refractivity contribution in [1.29, 1.82) is 0 Å². The monoisotopic (exact) mass is 465 g/mol. The lowest BCUT2D eigenvalue weighted by Gasteiger charge is -2.16. The van der Waals surface area contributed by atoms with Gasteiger partial charge in [0, 0.05) is 24.4 Å². The van der Waals surface area contributed by atoms with E-state index in [0.29, 0.717) is 22.9 Å². The van der Waals surface area contributed by atoms with Crippen LogP contribution in [0.25, 0.3) is 27.9 Å². The Morgan fingerprint density at radius 3 is 2.69 bits per heavy atom. The Bertz CT molecular complexity index is 1560. The maximum atomic E-state index is 13.7. The standard InChI is InChI=1S/C27H27N7O/c1-4-33-22-10-6-5-9-20(22)30-25(33)17(3)29-27(35)19-15-21(18-12-13-18)31-26-24(19)16(2)32-34(26)23-11-7-8-14-28-23/h5-11,14-15,17-18H,4,12-13H2,1-3H3,(H,29,35). The summed E-state index contributed by atoms with van der Waals surface area (Å²) in [5, 5.41) is 8.67. The van der Waals surface area contributed by atoms with E-state index in [0.717, 1.165) is 53.0 Å². The third-order valence-corrected chi connectivity index (χ3v) is 6.67. The average Bonchev–Trinajstić information content (AvgIpc) is 3.59. The summed E-state index contributed by atoms with van der Waals surface area (Å²) in [5.41, 5.74) is 4.96. The average molecular weight is 466 g/mol. The van der Waals surface area contributed by atoms with Crippen LogP contribution >= 0.6 is 0 Å². The van der Waals surface area contributed by atoms with E-state index in [1.54, 1.807) is 10.9 Å². The van der Waals surface area contributed by atoms with Gasteiger partial charge in [-0.05, 0) is 63.9 Å². The highest BCUT2D eigenvalue weighted by molar-refractivity contribution is 6.07. The van der Waals surface area contributed by atoms with Gasteiger partial charge in [0.2, 0.25) is 0 Å². The molecule has 4 heterocycles. The largest absolute Gasteiger partial charge is 0.342 e. The smallest absolute Gasteiger partial charge is 0.252 e. The van der Waals surface area contributed by atoms with E-state index >= 15 is 0 Å². The Morgan fingerprint density at radius 2 is 1.94 bits per heavy atom. The molecule has 1 N–H and O–H groups in total. The number of amides is 1. The maximum absolute atomic E-state index is 13.7. The number of hydrogen-bond donors (Lipinski definition) is 1. The third kappa shape index (κ3) is 3.65. The van der Waals surface area contributed by atoms with Crippen molar-refractivity contribution in [2.75, 3.05) is 0 Å². The number of aromatic nitrogens is 6. The van der Waals surface area contributed by atoms with Gasteiger partial charge < -0.3 is 9.88 Å². The number of para-hydroxylation sites is 2. The van der Waals surface area contributed by atoms with Gasteiger partial charge in [-0.1, -0.05) is 18.2 Å². The molecule has 1 amide bonds. The highest BCUT2D eigenvalue weighted by Gasteiger charge is 2.30. The minimum Gasteiger partial charge on any atom is -0.342 e. The first kappa shape index (κ1) is 21.5. The van der Waals surface area contributed by atoms with Crippen LogP contribution in [0.15, 0.2) is 54.7 Å². The summed E-state index contributed by atoms with van der Waals surface area (Å²) < 4.78 is 3.90. The zero-order chi connectivity index (χ0) is 24.1. The molecule has 176 valence electrons. The molecule has 0 radical (unpaired) electrons. The van der Waals surface area contributed by atoms with Crippen LogP contribution < -0.4 is 5.32 Å². The van der Waals surface area contributed by atoms with E-state index in [1.165, 1.54) is 0 Å². The lowest BCUT2D eigenvalue weighted by molar-refractivity contribution is 0.0939. The summed E-state index contributed by atoms with van der Waals surface area (Å²) in [5.74, 6) is 1.77. The second-order valence-corrected chi connectivity index (χ2v) is 9.15. The normalized spacial score (nSPS) is 14.5. The number of nitrogens with one attached hydrogen (secondary N) is 1. The van der Waals surface area contributed by atoms with E-state index in [2.05, 4.69) is 27.9 Å². The molecule has 8 heteroatoms. The molecule has 8 nitrogen and oxygen atoms in total. The fourth-order valence-corrected chi connectivity index (χ4v) is 4.81. The predicted octanol–water partition coefficient (Wildman–Crippen LogP) is 4.86. The van der Waals surface area contributed by atoms with Gasteiger partial charge in [-0.25, -0.2) is 15.0 Å². The first-order valence-electron chi connectivity index (χ1n) is 12.1. The molecule has 0 aliphatic heterocycles. The van der Waals surface area contributed by atoms with Gasteiger partial charge in [-0.3, -0.25) is 4.79 Å². The Labute approximate surface area is 203 Å². The molecule has 1 aromatic carbocycles. The predicted molar refractivity (Wildman–Crippen MR) is 135 cm³/mol. The van der Waals surface area contributed by atoms with Crippen molar-refractivity contribution in [2.45, 2.75) is 52.1 Å². The number of carbonyl (C=O) groups excluding carboxylic acids is 1. The van der Waals surface area contributed by atoms with Gasteiger partial charge in [0.1, 0.15) is 5.82 Å². The molecule has 0 bridgehead atoms. The van der Waals surface area contributed by atoms with Gasteiger partial charge >= 0.3 is 0 Å². The Morgan fingerprint density at radius 1 is 1.14 bits per heavy atom. The minimum atomic E-state index is -0.270. The lowest BCUT2D eigenvalue weighted by Crippen LogP contribution is -2.29. The first-order valence-corrected chi connectivity index (χ1v) is 12.1. The molecule has 1 unspecified atom stereocenters. The summed E-state index contributed by atoms with van der Waals surface area (Å²) in [6.45, 7) is 6.76. The molecule has 0 spiro atoms. The zero-order valence-corrected chi connectivity index (χ0v) is 20.1. The molecule has 0 saturated heterocycles. The van der Waals surface area contributed by atoms with Crippen LogP contribution in [-0.2, 0) is 6.54 Å². The third-order valence-electron chi connectivity index (χ3n) is 6.67. The number of imidazole rings is 1. The van der Waals surface area contributed by atoms with Gasteiger partial charge in [-0.15, -0.1) is 0 Å². The van der Waals surface area contributed by atoms with Crippen molar-refractivity contribution in [3.8, 4) is 5.82 Å². The molecule has 1 saturated carbocycles. The number of fused-ring (bicyclic) bond motifs is 2. The van der Waals surface area contributed by atoms with Gasteiger partial charge in [0.15, 0.2) is 11.5 Å². The number of carbonyl (C=O) groups is 1. The van der Waals surface area contributed by atoms with Crippen molar-refractivity contribution in [2.24, 2.45) is 0 Å². The molecular formula is C27H27N7O.